The zero-order valence-corrected chi connectivity index (χ0v) is 7.66. The van der Waals surface area contributed by atoms with Crippen LogP contribution in [-0.2, 0) is 5.60 Å². The van der Waals surface area contributed by atoms with E-state index in [4.69, 9.17) is 0 Å². The standard InChI is InChI=1S/C12H14O/c13-12-8-4-3-7-11(12)9-5-1-2-6-10(9)12/h1-2,5-6,11,13H,3-4,7-8H2/t11-,12+/m1/s1. The number of hydrogen-bond donors (Lipinski definition) is 1. The number of fused-ring (bicyclic) bond motifs is 4. The molecular weight excluding hydrogens is 160 g/mol. The van der Waals surface area contributed by atoms with Gasteiger partial charge < -0.3 is 5.11 Å². The summed E-state index contributed by atoms with van der Waals surface area (Å²) in [4.78, 5) is 0. The van der Waals surface area contributed by atoms with Crippen LogP contribution in [0.5, 0.6) is 0 Å². The molecule has 0 unspecified atom stereocenters. The molecule has 1 aromatic rings. The second kappa shape index (κ2) is 2.36. The average molecular weight is 174 g/mol. The van der Waals surface area contributed by atoms with Crippen LogP contribution in [0.1, 0.15) is 42.7 Å². The molecule has 0 bridgehead atoms. The Morgan fingerprint density at radius 1 is 1.23 bits per heavy atom. The Morgan fingerprint density at radius 2 is 2.08 bits per heavy atom. The molecule has 0 aliphatic heterocycles. The van der Waals surface area contributed by atoms with Crippen LogP contribution < -0.4 is 0 Å². The zero-order valence-electron chi connectivity index (χ0n) is 7.66. The third-order valence-corrected chi connectivity index (χ3v) is 3.68. The first-order valence-electron chi connectivity index (χ1n) is 5.14. The van der Waals surface area contributed by atoms with Gasteiger partial charge in [-0.1, -0.05) is 37.1 Å². The van der Waals surface area contributed by atoms with Gasteiger partial charge in [0.1, 0.15) is 0 Å². The molecule has 0 spiro atoms. The molecule has 0 saturated heterocycles. The molecule has 0 radical (unpaired) electrons. The molecule has 0 heterocycles. The van der Waals surface area contributed by atoms with Gasteiger partial charge in [0.15, 0.2) is 0 Å². The van der Waals surface area contributed by atoms with Crippen molar-refractivity contribution in [1.82, 2.24) is 0 Å². The fraction of sp³-hybridized carbons (Fsp3) is 0.500. The van der Waals surface area contributed by atoms with Gasteiger partial charge in [-0.05, 0) is 24.0 Å². The van der Waals surface area contributed by atoms with E-state index in [9.17, 15) is 5.11 Å². The Balaban J connectivity index is 2.11. The highest BCUT2D eigenvalue weighted by Crippen LogP contribution is 2.57. The van der Waals surface area contributed by atoms with Crippen molar-refractivity contribution in [2.75, 3.05) is 0 Å². The fourth-order valence-corrected chi connectivity index (χ4v) is 3.01. The molecular formula is C12H14O. The van der Waals surface area contributed by atoms with Crippen molar-refractivity contribution < 1.29 is 5.11 Å². The molecule has 1 N–H and O–H groups in total. The van der Waals surface area contributed by atoms with Crippen molar-refractivity contribution >= 4 is 0 Å². The third kappa shape index (κ3) is 0.806. The Kier molecular flexibility index (Phi) is 1.37. The highest BCUT2D eigenvalue weighted by Gasteiger charge is 2.50. The van der Waals surface area contributed by atoms with Gasteiger partial charge in [0.2, 0.25) is 0 Å². The van der Waals surface area contributed by atoms with Crippen molar-refractivity contribution in [3.63, 3.8) is 0 Å². The zero-order chi connectivity index (χ0) is 8.89. The summed E-state index contributed by atoms with van der Waals surface area (Å²) in [5, 5.41) is 10.4. The molecule has 1 fully saturated rings. The third-order valence-electron chi connectivity index (χ3n) is 3.68. The lowest BCUT2D eigenvalue weighted by atomic mass is 9.58. The number of aliphatic hydroxyl groups is 1. The van der Waals surface area contributed by atoms with Crippen molar-refractivity contribution in [1.29, 1.82) is 0 Å². The van der Waals surface area contributed by atoms with E-state index >= 15 is 0 Å². The lowest BCUT2D eigenvalue weighted by molar-refractivity contribution is -0.0493. The van der Waals surface area contributed by atoms with E-state index in [1.807, 2.05) is 6.07 Å². The van der Waals surface area contributed by atoms with Crippen LogP contribution in [0.15, 0.2) is 24.3 Å². The average Bonchev–Trinajstić information content (AvgIpc) is 2.17. The minimum Gasteiger partial charge on any atom is -0.385 e. The van der Waals surface area contributed by atoms with Crippen molar-refractivity contribution in [2.45, 2.75) is 37.2 Å². The van der Waals surface area contributed by atoms with Crippen LogP contribution in [-0.4, -0.2) is 5.11 Å². The molecule has 13 heavy (non-hydrogen) atoms. The van der Waals surface area contributed by atoms with E-state index in [0.29, 0.717) is 5.92 Å². The van der Waals surface area contributed by atoms with E-state index < -0.39 is 5.60 Å². The Morgan fingerprint density at radius 3 is 3.00 bits per heavy atom. The molecule has 2 aliphatic rings. The molecule has 3 rings (SSSR count). The SMILES string of the molecule is O[C@]12CCCC[C@@H]1c1ccccc12. The monoisotopic (exact) mass is 174 g/mol. The molecule has 68 valence electrons. The van der Waals surface area contributed by atoms with Gasteiger partial charge >= 0.3 is 0 Å². The molecule has 1 aromatic carbocycles. The molecule has 1 saturated carbocycles. The van der Waals surface area contributed by atoms with Gasteiger partial charge in [-0.25, -0.2) is 0 Å². The van der Waals surface area contributed by atoms with Crippen molar-refractivity contribution in [3.05, 3.63) is 35.4 Å². The minimum atomic E-state index is -0.450. The van der Waals surface area contributed by atoms with Gasteiger partial charge in [0, 0.05) is 5.92 Å². The molecule has 2 aliphatic carbocycles. The normalized spacial score (nSPS) is 35.9. The fourth-order valence-electron chi connectivity index (χ4n) is 3.01. The maximum atomic E-state index is 10.4. The summed E-state index contributed by atoms with van der Waals surface area (Å²) in [6.45, 7) is 0. The summed E-state index contributed by atoms with van der Waals surface area (Å²) in [6, 6.07) is 8.35. The van der Waals surface area contributed by atoms with Gasteiger partial charge in [-0.2, -0.15) is 0 Å². The van der Waals surface area contributed by atoms with Crippen molar-refractivity contribution in [3.8, 4) is 0 Å². The number of benzene rings is 1. The lowest BCUT2D eigenvalue weighted by Gasteiger charge is -2.50. The van der Waals surface area contributed by atoms with Crippen LogP contribution in [0.25, 0.3) is 0 Å². The maximum absolute atomic E-state index is 10.4. The largest absolute Gasteiger partial charge is 0.385 e. The summed E-state index contributed by atoms with van der Waals surface area (Å²) in [5.74, 6) is 0.442. The second-order valence-electron chi connectivity index (χ2n) is 4.31. The van der Waals surface area contributed by atoms with Gasteiger partial charge in [-0.3, -0.25) is 0 Å². The lowest BCUT2D eigenvalue weighted by Crippen LogP contribution is -2.45. The van der Waals surface area contributed by atoms with Gasteiger partial charge in [0.05, 0.1) is 5.60 Å². The summed E-state index contributed by atoms with van der Waals surface area (Å²) in [5.41, 5.74) is 2.14. The summed E-state index contributed by atoms with van der Waals surface area (Å²) in [7, 11) is 0. The molecule has 1 nitrogen and oxygen atoms in total. The van der Waals surface area contributed by atoms with Crippen LogP contribution >= 0.6 is 0 Å². The van der Waals surface area contributed by atoms with Crippen LogP contribution in [0, 0.1) is 0 Å². The number of hydrogen-bond acceptors (Lipinski definition) is 1. The van der Waals surface area contributed by atoms with Gasteiger partial charge in [-0.15, -0.1) is 0 Å². The summed E-state index contributed by atoms with van der Waals surface area (Å²) < 4.78 is 0. The molecule has 0 amide bonds. The summed E-state index contributed by atoms with van der Waals surface area (Å²) >= 11 is 0. The smallest absolute Gasteiger partial charge is 0.0967 e. The minimum absolute atomic E-state index is 0.442. The van der Waals surface area contributed by atoms with Gasteiger partial charge in [0.25, 0.3) is 0 Å². The van der Waals surface area contributed by atoms with Crippen molar-refractivity contribution in [2.24, 2.45) is 0 Å². The predicted molar refractivity (Wildman–Crippen MR) is 51.5 cm³/mol. The second-order valence-corrected chi connectivity index (χ2v) is 4.31. The van der Waals surface area contributed by atoms with Crippen LogP contribution in [0.3, 0.4) is 0 Å². The van der Waals surface area contributed by atoms with Crippen LogP contribution in [0.4, 0.5) is 0 Å². The van der Waals surface area contributed by atoms with E-state index in [-0.39, 0.29) is 0 Å². The van der Waals surface area contributed by atoms with E-state index in [1.165, 1.54) is 30.4 Å². The Bertz CT molecular complexity index is 345. The Hall–Kier alpha value is -0.820. The first-order valence-corrected chi connectivity index (χ1v) is 5.14. The first-order chi connectivity index (χ1) is 6.32. The molecule has 1 heteroatoms. The van der Waals surface area contributed by atoms with E-state index in [0.717, 1.165) is 6.42 Å². The Labute approximate surface area is 78.4 Å². The first kappa shape index (κ1) is 7.57. The number of rotatable bonds is 0. The van der Waals surface area contributed by atoms with E-state index in [2.05, 4.69) is 18.2 Å². The summed E-state index contributed by atoms with van der Waals surface area (Å²) in [6.07, 6.45) is 4.60. The van der Waals surface area contributed by atoms with E-state index in [1.54, 1.807) is 0 Å². The highest BCUT2D eigenvalue weighted by molar-refractivity contribution is 5.48. The molecule has 0 aromatic heterocycles. The van der Waals surface area contributed by atoms with Crippen LogP contribution in [0.2, 0.25) is 0 Å². The quantitative estimate of drug-likeness (QED) is 0.641. The highest BCUT2D eigenvalue weighted by atomic mass is 16.3. The topological polar surface area (TPSA) is 20.2 Å². The predicted octanol–water partition coefficient (Wildman–Crippen LogP) is 2.55. The maximum Gasteiger partial charge on any atom is 0.0967 e. The molecule has 2 atom stereocenters.